The molecule has 0 aromatic heterocycles. The lowest BCUT2D eigenvalue weighted by Crippen LogP contribution is -1.77. The first-order valence-corrected chi connectivity index (χ1v) is 7.04. The molecule has 15 heavy (non-hydrogen) atoms. The Kier molecular flexibility index (Phi) is 16.2. The third-order valence-electron chi connectivity index (χ3n) is 2.88. The Labute approximate surface area is 98.9 Å². The smallest absolute Gasteiger partial charge is 0.0474 e. The van der Waals surface area contributed by atoms with Crippen LogP contribution in [0.15, 0.2) is 0 Å². The Morgan fingerprint density at radius 2 is 0.733 bits per heavy atom. The molecule has 0 aromatic carbocycles. The summed E-state index contributed by atoms with van der Waals surface area (Å²) in [6.45, 7) is 13.3. The fourth-order valence-electron chi connectivity index (χ4n) is 0.884. The van der Waals surface area contributed by atoms with Gasteiger partial charge in [-0.25, -0.2) is 0 Å². The standard InChI is InChI=1S/C5H10.2C5H12/c1-2-4-5-3-1;2*1-4-5(2)3/h1-5H2;2*5H,4H2,1-3H3. The van der Waals surface area contributed by atoms with E-state index in [0.717, 1.165) is 11.8 Å². The molecule has 0 heteroatoms. The largest absolute Gasteiger partial charge is 0.0651 e. The van der Waals surface area contributed by atoms with E-state index in [1.165, 1.54) is 44.9 Å². The second kappa shape index (κ2) is 14.0. The maximum atomic E-state index is 2.22. The van der Waals surface area contributed by atoms with Crippen LogP contribution in [0.4, 0.5) is 0 Å². The van der Waals surface area contributed by atoms with Gasteiger partial charge in [-0.1, -0.05) is 86.5 Å². The van der Waals surface area contributed by atoms with Gasteiger partial charge in [0.15, 0.2) is 0 Å². The summed E-state index contributed by atoms with van der Waals surface area (Å²) in [6.07, 6.45) is 10.1. The number of hydrogen-bond donors (Lipinski definition) is 0. The van der Waals surface area contributed by atoms with Crippen molar-refractivity contribution in [2.45, 2.75) is 86.5 Å². The van der Waals surface area contributed by atoms with E-state index in [2.05, 4.69) is 41.5 Å². The van der Waals surface area contributed by atoms with Crippen molar-refractivity contribution in [3.8, 4) is 0 Å². The molecule has 0 bridgehead atoms. The van der Waals surface area contributed by atoms with Crippen molar-refractivity contribution >= 4 is 0 Å². The lowest BCUT2D eigenvalue weighted by atomic mass is 10.2. The van der Waals surface area contributed by atoms with Gasteiger partial charge in [-0.3, -0.25) is 0 Å². The lowest BCUT2D eigenvalue weighted by molar-refractivity contribution is 0.626. The average molecular weight is 214 g/mol. The molecule has 0 spiro atoms. The van der Waals surface area contributed by atoms with Crippen LogP contribution >= 0.6 is 0 Å². The van der Waals surface area contributed by atoms with E-state index >= 15 is 0 Å². The summed E-state index contributed by atoms with van der Waals surface area (Å²) < 4.78 is 0. The summed E-state index contributed by atoms with van der Waals surface area (Å²) in [5.74, 6) is 1.77. The predicted molar refractivity (Wildman–Crippen MR) is 73.3 cm³/mol. The number of rotatable bonds is 2. The first-order chi connectivity index (χ1) is 7.04. The van der Waals surface area contributed by atoms with E-state index in [1.54, 1.807) is 0 Å². The molecule has 0 aliphatic heterocycles. The molecular formula is C15H34. The molecule has 0 atom stereocenters. The zero-order valence-corrected chi connectivity index (χ0v) is 12.1. The van der Waals surface area contributed by atoms with Gasteiger partial charge >= 0.3 is 0 Å². The van der Waals surface area contributed by atoms with Crippen molar-refractivity contribution < 1.29 is 0 Å². The van der Waals surface area contributed by atoms with Crippen molar-refractivity contribution in [3.63, 3.8) is 0 Å². The fraction of sp³-hybridized carbons (Fsp3) is 1.00. The zero-order chi connectivity index (χ0) is 12.1. The van der Waals surface area contributed by atoms with Gasteiger partial charge in [0, 0.05) is 0 Å². The van der Waals surface area contributed by atoms with Crippen molar-refractivity contribution in [1.82, 2.24) is 0 Å². The average Bonchev–Trinajstić information content (AvgIpc) is 2.76. The molecule has 1 aliphatic rings. The van der Waals surface area contributed by atoms with Crippen LogP contribution in [-0.4, -0.2) is 0 Å². The highest BCUT2D eigenvalue weighted by atomic mass is 14.0. The normalized spacial score (nSPS) is 14.4. The maximum absolute atomic E-state index is 2.22. The summed E-state index contributed by atoms with van der Waals surface area (Å²) in [6, 6.07) is 0. The second-order valence-corrected chi connectivity index (χ2v) is 5.37. The van der Waals surface area contributed by atoms with Gasteiger partial charge in [-0.15, -0.1) is 0 Å². The topological polar surface area (TPSA) is 0 Å². The van der Waals surface area contributed by atoms with Gasteiger partial charge in [0.25, 0.3) is 0 Å². The summed E-state index contributed by atoms with van der Waals surface area (Å²) in [4.78, 5) is 0. The minimum Gasteiger partial charge on any atom is -0.0651 e. The Hall–Kier alpha value is 0. The Balaban J connectivity index is 0. The molecule has 0 nitrogen and oxygen atoms in total. The van der Waals surface area contributed by atoms with E-state index < -0.39 is 0 Å². The van der Waals surface area contributed by atoms with Gasteiger partial charge in [0.1, 0.15) is 0 Å². The lowest BCUT2D eigenvalue weighted by Gasteiger charge is -1.90. The van der Waals surface area contributed by atoms with E-state index in [1.807, 2.05) is 0 Å². The fourth-order valence-corrected chi connectivity index (χ4v) is 0.884. The molecule has 0 aromatic rings. The second-order valence-electron chi connectivity index (χ2n) is 5.37. The molecule has 94 valence electrons. The molecular weight excluding hydrogens is 180 g/mol. The molecule has 0 unspecified atom stereocenters. The van der Waals surface area contributed by atoms with Crippen molar-refractivity contribution in [2.24, 2.45) is 11.8 Å². The summed E-state index contributed by atoms with van der Waals surface area (Å²) in [7, 11) is 0. The number of hydrogen-bond acceptors (Lipinski definition) is 0. The van der Waals surface area contributed by atoms with Crippen LogP contribution in [-0.2, 0) is 0 Å². The third-order valence-corrected chi connectivity index (χ3v) is 2.88. The van der Waals surface area contributed by atoms with Gasteiger partial charge in [0.05, 0.1) is 0 Å². The van der Waals surface area contributed by atoms with Crippen molar-refractivity contribution in [2.75, 3.05) is 0 Å². The van der Waals surface area contributed by atoms with Crippen LogP contribution in [0, 0.1) is 11.8 Å². The van der Waals surface area contributed by atoms with E-state index in [-0.39, 0.29) is 0 Å². The zero-order valence-electron chi connectivity index (χ0n) is 12.1. The van der Waals surface area contributed by atoms with Gasteiger partial charge < -0.3 is 0 Å². The molecule has 0 amide bonds. The van der Waals surface area contributed by atoms with Gasteiger partial charge in [-0.2, -0.15) is 0 Å². The van der Waals surface area contributed by atoms with Crippen LogP contribution in [0.25, 0.3) is 0 Å². The molecule has 0 saturated heterocycles. The monoisotopic (exact) mass is 214 g/mol. The Morgan fingerprint density at radius 1 is 0.600 bits per heavy atom. The maximum Gasteiger partial charge on any atom is -0.0474 e. The Bertz CT molecular complexity index is 72.6. The van der Waals surface area contributed by atoms with Crippen LogP contribution < -0.4 is 0 Å². The van der Waals surface area contributed by atoms with E-state index in [9.17, 15) is 0 Å². The molecule has 1 rings (SSSR count). The molecule has 1 fully saturated rings. The van der Waals surface area contributed by atoms with Crippen molar-refractivity contribution in [3.05, 3.63) is 0 Å². The highest BCUT2D eigenvalue weighted by Crippen LogP contribution is 2.15. The molecule has 1 saturated carbocycles. The third kappa shape index (κ3) is 24.9. The van der Waals surface area contributed by atoms with E-state index in [0.29, 0.717) is 0 Å². The van der Waals surface area contributed by atoms with Gasteiger partial charge in [-0.05, 0) is 11.8 Å². The first kappa shape index (κ1) is 17.4. The van der Waals surface area contributed by atoms with E-state index in [4.69, 9.17) is 0 Å². The SMILES string of the molecule is C1CCCC1.CCC(C)C.CCC(C)C. The molecule has 0 N–H and O–H groups in total. The molecule has 1 aliphatic carbocycles. The minimum atomic E-state index is 0.884. The van der Waals surface area contributed by atoms with Gasteiger partial charge in [0.2, 0.25) is 0 Å². The van der Waals surface area contributed by atoms with Crippen LogP contribution in [0.2, 0.25) is 0 Å². The first-order valence-electron chi connectivity index (χ1n) is 7.04. The highest BCUT2D eigenvalue weighted by Gasteiger charge is 1.95. The summed E-state index contributed by atoms with van der Waals surface area (Å²) in [5.41, 5.74) is 0. The minimum absolute atomic E-state index is 0.884. The summed E-state index contributed by atoms with van der Waals surface area (Å²) in [5, 5.41) is 0. The molecule has 0 heterocycles. The van der Waals surface area contributed by atoms with Crippen LogP contribution in [0.5, 0.6) is 0 Å². The quantitative estimate of drug-likeness (QED) is 0.524. The molecule has 0 radical (unpaired) electrons. The summed E-state index contributed by atoms with van der Waals surface area (Å²) >= 11 is 0. The van der Waals surface area contributed by atoms with Crippen molar-refractivity contribution in [1.29, 1.82) is 0 Å². The van der Waals surface area contributed by atoms with Crippen LogP contribution in [0.1, 0.15) is 86.5 Å². The highest BCUT2D eigenvalue weighted by molar-refractivity contribution is 4.51. The Morgan fingerprint density at radius 3 is 0.800 bits per heavy atom. The predicted octanol–water partition coefficient (Wildman–Crippen LogP) is 6.06. The van der Waals surface area contributed by atoms with Crippen LogP contribution in [0.3, 0.4) is 0 Å².